The molecule has 0 radical (unpaired) electrons. The zero-order valence-corrected chi connectivity index (χ0v) is 9.22. The number of rotatable bonds is 3. The fraction of sp³-hybridized carbons (Fsp3) is 0.833. The molecular weight excluding hydrogens is 240 g/mol. The van der Waals surface area contributed by atoms with Crippen LogP contribution < -0.4 is 0 Å². The molecule has 15 heavy (non-hydrogen) atoms. The molecule has 0 rings (SSSR count). The molecule has 0 atom stereocenters. The summed E-state index contributed by atoms with van der Waals surface area (Å²) < 4.78 is 55.3. The van der Waals surface area contributed by atoms with Gasteiger partial charge in [0.15, 0.2) is 6.61 Å². The Labute approximate surface area is 85.4 Å². The van der Waals surface area contributed by atoms with Crippen LogP contribution in [0, 0.1) is 0 Å². The molecule has 0 aromatic heterocycles. The maximum absolute atomic E-state index is 11.1. The summed E-state index contributed by atoms with van der Waals surface area (Å²) in [7, 11) is 0.817. The van der Waals surface area contributed by atoms with E-state index in [0.717, 1.165) is 6.92 Å². The van der Waals surface area contributed by atoms with Crippen LogP contribution >= 0.6 is 8.25 Å². The highest BCUT2D eigenvalue weighted by atomic mass is 31.1. The van der Waals surface area contributed by atoms with Gasteiger partial charge in [-0.05, 0) is 0 Å². The van der Waals surface area contributed by atoms with Crippen molar-refractivity contribution >= 4 is 14.2 Å². The van der Waals surface area contributed by atoms with Crippen LogP contribution in [0.2, 0.25) is 0 Å². The molecule has 0 N–H and O–H groups in total. The summed E-state index contributed by atoms with van der Waals surface area (Å²) in [5.74, 6) is -0.924. The number of hydrogen-bond acceptors (Lipinski definition) is 5. The lowest BCUT2D eigenvalue weighted by Crippen LogP contribution is -2.18. The van der Waals surface area contributed by atoms with Gasteiger partial charge in [-0.2, -0.15) is 13.2 Å². The predicted octanol–water partition coefficient (Wildman–Crippen LogP) is 2.05. The van der Waals surface area contributed by atoms with Crippen molar-refractivity contribution in [1.82, 2.24) is 0 Å². The Morgan fingerprint density at radius 1 is 1.27 bits per heavy atom. The van der Waals surface area contributed by atoms with E-state index in [1.54, 1.807) is 0 Å². The highest BCUT2D eigenvalue weighted by Gasteiger charge is 2.28. The topological polar surface area (TPSA) is 61.8 Å². The van der Waals surface area contributed by atoms with Gasteiger partial charge >= 0.3 is 20.4 Å². The van der Waals surface area contributed by atoms with Crippen molar-refractivity contribution in [3.05, 3.63) is 0 Å². The van der Waals surface area contributed by atoms with E-state index < -0.39 is 27.0 Å². The number of carbonyl (C=O) groups excluding carboxylic acids is 1. The second-order valence-electron chi connectivity index (χ2n) is 1.98. The van der Waals surface area contributed by atoms with Gasteiger partial charge in [0.1, 0.15) is 0 Å². The fourth-order valence-electron chi connectivity index (χ4n) is 0.258. The van der Waals surface area contributed by atoms with Crippen molar-refractivity contribution in [1.29, 1.82) is 0 Å². The largest absolute Gasteiger partial charge is 0.696 e. The fourth-order valence-corrected chi connectivity index (χ4v) is 0.407. The summed E-state index contributed by atoms with van der Waals surface area (Å²) in [4.78, 5) is 9.77. The Morgan fingerprint density at radius 2 is 1.67 bits per heavy atom. The summed E-state index contributed by atoms with van der Waals surface area (Å²) in [6.45, 7) is -0.575. The zero-order valence-electron chi connectivity index (χ0n) is 8.33. The standard InChI is InChI=1S/C4H5F3O2.C2H6O3P/c1-3(8)9-2-4(5,6)7;1-4-6(3)5-2/h2H2,1H3;1-2H3/q;+1. The van der Waals surface area contributed by atoms with Crippen LogP contribution in [0.3, 0.4) is 0 Å². The van der Waals surface area contributed by atoms with Crippen LogP contribution in [0.1, 0.15) is 6.92 Å². The third-order valence-corrected chi connectivity index (χ3v) is 1.33. The molecule has 0 amide bonds. The van der Waals surface area contributed by atoms with Crippen LogP contribution in [0.25, 0.3) is 0 Å². The molecule has 0 saturated heterocycles. The molecule has 0 saturated carbocycles. The molecule has 0 fully saturated rings. The first-order valence-electron chi connectivity index (χ1n) is 3.48. The molecule has 0 aliphatic carbocycles. The molecule has 0 aliphatic heterocycles. The Hall–Kier alpha value is -0.720. The SMILES string of the molecule is CC(=O)OCC(F)(F)F.CO[P+](=O)OC. The van der Waals surface area contributed by atoms with E-state index >= 15 is 0 Å². The normalized spacial score (nSPS) is 10.0. The van der Waals surface area contributed by atoms with Gasteiger partial charge in [-0.25, -0.2) is 0 Å². The highest BCUT2D eigenvalue weighted by Crippen LogP contribution is 2.18. The Balaban J connectivity index is 0. The zero-order chi connectivity index (χ0) is 12.5. The van der Waals surface area contributed by atoms with E-state index in [-0.39, 0.29) is 0 Å². The molecule has 0 aliphatic rings. The van der Waals surface area contributed by atoms with Crippen LogP contribution in [-0.4, -0.2) is 33.0 Å². The maximum Gasteiger partial charge on any atom is 0.696 e. The highest BCUT2D eigenvalue weighted by molar-refractivity contribution is 7.33. The average molecular weight is 251 g/mol. The van der Waals surface area contributed by atoms with Crippen molar-refractivity contribution < 1.29 is 36.3 Å². The van der Waals surface area contributed by atoms with Crippen LogP contribution in [0.15, 0.2) is 0 Å². The molecular formula is C6H11F3O5P+. The monoisotopic (exact) mass is 251 g/mol. The molecule has 0 aromatic rings. The Morgan fingerprint density at radius 3 is 1.73 bits per heavy atom. The minimum atomic E-state index is -4.41. The van der Waals surface area contributed by atoms with E-state index in [4.69, 9.17) is 0 Å². The van der Waals surface area contributed by atoms with Gasteiger partial charge < -0.3 is 4.74 Å². The van der Waals surface area contributed by atoms with Crippen LogP contribution in [0.4, 0.5) is 13.2 Å². The molecule has 9 heteroatoms. The third-order valence-electron chi connectivity index (χ3n) is 0.737. The minimum absolute atomic E-state index is 0.922. The lowest BCUT2D eigenvalue weighted by Gasteiger charge is -2.04. The van der Waals surface area contributed by atoms with Crippen molar-refractivity contribution in [2.24, 2.45) is 0 Å². The first kappa shape index (κ1) is 16.7. The average Bonchev–Trinajstić information content (AvgIpc) is 2.13. The molecule has 0 spiro atoms. The second kappa shape index (κ2) is 8.58. The van der Waals surface area contributed by atoms with E-state index in [1.165, 1.54) is 14.2 Å². The molecule has 0 bridgehead atoms. The molecule has 0 aromatic carbocycles. The lowest BCUT2D eigenvalue weighted by atomic mass is 10.7. The summed E-state index contributed by atoms with van der Waals surface area (Å²) >= 11 is 0. The summed E-state index contributed by atoms with van der Waals surface area (Å²) in [5.41, 5.74) is 0. The maximum atomic E-state index is 11.1. The van der Waals surface area contributed by atoms with Gasteiger partial charge in [-0.15, -0.1) is 9.05 Å². The van der Waals surface area contributed by atoms with E-state index in [9.17, 15) is 22.5 Å². The third kappa shape index (κ3) is 19.6. The molecule has 0 heterocycles. The van der Waals surface area contributed by atoms with Gasteiger partial charge in [0, 0.05) is 11.5 Å². The summed E-state index contributed by atoms with van der Waals surface area (Å²) in [5, 5.41) is 0. The summed E-state index contributed by atoms with van der Waals surface area (Å²) in [6.07, 6.45) is -4.41. The number of esters is 1. The number of alkyl halides is 3. The number of halogens is 3. The molecule has 90 valence electrons. The quantitative estimate of drug-likeness (QED) is 0.567. The van der Waals surface area contributed by atoms with Gasteiger partial charge in [-0.1, -0.05) is 0 Å². The number of hydrogen-bond donors (Lipinski definition) is 0. The van der Waals surface area contributed by atoms with Crippen molar-refractivity contribution in [3.8, 4) is 0 Å². The van der Waals surface area contributed by atoms with Gasteiger partial charge in [0.25, 0.3) is 0 Å². The number of carbonyl (C=O) groups is 1. The van der Waals surface area contributed by atoms with E-state index in [0.29, 0.717) is 0 Å². The second-order valence-corrected chi connectivity index (χ2v) is 3.16. The van der Waals surface area contributed by atoms with E-state index in [2.05, 4.69) is 13.8 Å². The van der Waals surface area contributed by atoms with Crippen molar-refractivity contribution in [2.45, 2.75) is 13.1 Å². The molecule has 5 nitrogen and oxygen atoms in total. The first-order valence-corrected chi connectivity index (χ1v) is 4.58. The summed E-state index contributed by atoms with van der Waals surface area (Å²) in [6, 6.07) is 0. The molecule has 0 unspecified atom stereocenters. The van der Waals surface area contributed by atoms with Gasteiger partial charge in [0.05, 0.1) is 14.2 Å². The predicted molar refractivity (Wildman–Crippen MR) is 44.3 cm³/mol. The Bertz CT molecular complexity index is 199. The lowest BCUT2D eigenvalue weighted by molar-refractivity contribution is -0.184. The number of ether oxygens (including phenoxy) is 1. The van der Waals surface area contributed by atoms with E-state index in [1.807, 2.05) is 0 Å². The minimum Gasteiger partial charge on any atom is -0.456 e. The Kier molecular flexibility index (Phi) is 9.55. The van der Waals surface area contributed by atoms with Crippen LogP contribution in [0.5, 0.6) is 0 Å². The first-order chi connectivity index (χ1) is 6.72. The van der Waals surface area contributed by atoms with Gasteiger partial charge in [0.2, 0.25) is 0 Å². The smallest absolute Gasteiger partial charge is 0.456 e. The van der Waals surface area contributed by atoms with Crippen molar-refractivity contribution in [3.63, 3.8) is 0 Å². The van der Waals surface area contributed by atoms with Gasteiger partial charge in [-0.3, -0.25) is 4.79 Å². The van der Waals surface area contributed by atoms with Crippen LogP contribution in [-0.2, 0) is 23.1 Å². The van der Waals surface area contributed by atoms with Crippen molar-refractivity contribution in [2.75, 3.05) is 20.8 Å².